The van der Waals surface area contributed by atoms with Gasteiger partial charge in [-0.15, -0.1) is 11.3 Å². The van der Waals surface area contributed by atoms with Crippen molar-refractivity contribution < 1.29 is 19.1 Å². The third kappa shape index (κ3) is 4.70. The van der Waals surface area contributed by atoms with E-state index >= 15 is 0 Å². The van der Waals surface area contributed by atoms with Gasteiger partial charge in [-0.1, -0.05) is 12.1 Å². The first kappa shape index (κ1) is 19.4. The maximum Gasteiger partial charge on any atom is 0.317 e. The molecule has 1 unspecified atom stereocenters. The minimum atomic E-state index is -0.849. The standard InChI is InChI=1S/C19H22FN3O3S/c1-22(11-17(24)25)13-5-4-9-23(10-8-13)19(26)16-12-27-18(21-16)14-6-2-3-7-15(14)20/h2-3,6-7,12-13H,4-5,8-11H2,1H3,(H,24,25). The van der Waals surface area contributed by atoms with Crippen LogP contribution in [0.1, 0.15) is 29.8 Å². The maximum atomic E-state index is 13.9. The molecule has 0 spiro atoms. The number of aromatic nitrogens is 1. The minimum Gasteiger partial charge on any atom is -0.480 e. The number of rotatable bonds is 5. The van der Waals surface area contributed by atoms with Crippen LogP contribution in [-0.2, 0) is 4.79 Å². The second-order valence-corrected chi connectivity index (χ2v) is 7.56. The number of hydrogen-bond acceptors (Lipinski definition) is 5. The number of carboxylic acid groups (broad SMARTS) is 1. The van der Waals surface area contributed by atoms with E-state index in [0.29, 0.717) is 29.4 Å². The lowest BCUT2D eigenvalue weighted by atomic mass is 10.1. The van der Waals surface area contributed by atoms with E-state index in [1.165, 1.54) is 17.4 Å². The zero-order chi connectivity index (χ0) is 19.4. The van der Waals surface area contributed by atoms with Gasteiger partial charge in [0, 0.05) is 30.1 Å². The third-order valence-electron chi connectivity index (χ3n) is 4.82. The number of carboxylic acids is 1. The lowest BCUT2D eigenvalue weighted by molar-refractivity contribution is -0.138. The third-order valence-corrected chi connectivity index (χ3v) is 5.70. The SMILES string of the molecule is CN(CC(=O)O)C1CCCN(C(=O)c2csc(-c3ccccc3F)n2)CC1. The highest BCUT2D eigenvalue weighted by atomic mass is 32.1. The number of amides is 1. The molecule has 3 rings (SSSR count). The van der Waals surface area contributed by atoms with E-state index in [0.717, 1.165) is 19.3 Å². The van der Waals surface area contributed by atoms with Crippen molar-refractivity contribution in [2.24, 2.45) is 0 Å². The average molecular weight is 391 g/mol. The van der Waals surface area contributed by atoms with Crippen molar-refractivity contribution in [3.8, 4) is 10.6 Å². The molecule has 1 fully saturated rings. The lowest BCUT2D eigenvalue weighted by Crippen LogP contribution is -2.37. The van der Waals surface area contributed by atoms with Crippen LogP contribution < -0.4 is 0 Å². The summed E-state index contributed by atoms with van der Waals surface area (Å²) in [6, 6.07) is 6.53. The minimum absolute atomic E-state index is 0.00327. The number of nitrogens with zero attached hydrogens (tertiary/aromatic N) is 3. The van der Waals surface area contributed by atoms with E-state index in [2.05, 4.69) is 4.98 Å². The molecular weight excluding hydrogens is 369 g/mol. The normalized spacial score (nSPS) is 17.7. The highest BCUT2D eigenvalue weighted by Gasteiger charge is 2.26. The van der Waals surface area contributed by atoms with Crippen molar-refractivity contribution in [2.45, 2.75) is 25.3 Å². The molecule has 1 aromatic heterocycles. The molecule has 6 nitrogen and oxygen atoms in total. The maximum absolute atomic E-state index is 13.9. The van der Waals surface area contributed by atoms with Gasteiger partial charge in [-0.05, 0) is 38.4 Å². The van der Waals surface area contributed by atoms with E-state index in [9.17, 15) is 14.0 Å². The molecule has 8 heteroatoms. The van der Waals surface area contributed by atoms with Gasteiger partial charge in [-0.2, -0.15) is 0 Å². The van der Waals surface area contributed by atoms with Crippen LogP contribution in [0.4, 0.5) is 4.39 Å². The van der Waals surface area contributed by atoms with Gasteiger partial charge < -0.3 is 10.0 Å². The molecule has 0 saturated carbocycles. The molecule has 1 amide bonds. The first-order valence-electron chi connectivity index (χ1n) is 8.87. The van der Waals surface area contributed by atoms with Crippen molar-refractivity contribution in [2.75, 3.05) is 26.7 Å². The quantitative estimate of drug-likeness (QED) is 0.848. The number of thiazole rings is 1. The van der Waals surface area contributed by atoms with Crippen molar-refractivity contribution in [3.05, 3.63) is 41.2 Å². The second-order valence-electron chi connectivity index (χ2n) is 6.70. The van der Waals surface area contributed by atoms with Crippen LogP contribution in [0.2, 0.25) is 0 Å². The van der Waals surface area contributed by atoms with E-state index < -0.39 is 5.97 Å². The number of carbonyl (C=O) groups is 2. The van der Waals surface area contributed by atoms with Crippen molar-refractivity contribution >= 4 is 23.2 Å². The van der Waals surface area contributed by atoms with Gasteiger partial charge in [-0.3, -0.25) is 14.5 Å². The summed E-state index contributed by atoms with van der Waals surface area (Å²) in [6.07, 6.45) is 2.38. The number of likely N-dealkylation sites (N-methyl/N-ethyl adjacent to an activating group) is 1. The van der Waals surface area contributed by atoms with Gasteiger partial charge in [0.2, 0.25) is 0 Å². The number of aliphatic carboxylic acids is 1. The molecule has 0 bridgehead atoms. The number of likely N-dealkylation sites (tertiary alicyclic amines) is 1. The number of hydrogen-bond donors (Lipinski definition) is 1. The molecule has 144 valence electrons. The summed E-state index contributed by atoms with van der Waals surface area (Å²) in [6.45, 7) is 1.17. The summed E-state index contributed by atoms with van der Waals surface area (Å²) >= 11 is 1.25. The Labute approximate surface area is 161 Å². The number of benzene rings is 1. The Morgan fingerprint density at radius 3 is 2.85 bits per heavy atom. The zero-order valence-corrected chi connectivity index (χ0v) is 15.9. The lowest BCUT2D eigenvalue weighted by Gasteiger charge is -2.25. The molecule has 1 aliphatic heterocycles. The van der Waals surface area contributed by atoms with Crippen molar-refractivity contribution in [3.63, 3.8) is 0 Å². The van der Waals surface area contributed by atoms with Crippen LogP contribution in [0.15, 0.2) is 29.6 Å². The van der Waals surface area contributed by atoms with E-state index in [1.807, 2.05) is 4.90 Å². The summed E-state index contributed by atoms with van der Waals surface area (Å²) in [7, 11) is 1.80. The van der Waals surface area contributed by atoms with E-state index in [-0.39, 0.29) is 24.3 Å². The fraction of sp³-hybridized carbons (Fsp3) is 0.421. The fourth-order valence-electron chi connectivity index (χ4n) is 3.36. The second kappa shape index (κ2) is 8.58. The van der Waals surface area contributed by atoms with Crippen molar-refractivity contribution in [1.29, 1.82) is 0 Å². The molecule has 2 heterocycles. The monoisotopic (exact) mass is 391 g/mol. The highest BCUT2D eigenvalue weighted by Crippen LogP contribution is 2.27. The Balaban J connectivity index is 1.66. The van der Waals surface area contributed by atoms with Gasteiger partial charge in [0.25, 0.3) is 5.91 Å². The summed E-state index contributed by atoms with van der Waals surface area (Å²) in [5.41, 5.74) is 0.725. The summed E-state index contributed by atoms with van der Waals surface area (Å²) in [5, 5.41) is 11.1. The fourth-order valence-corrected chi connectivity index (χ4v) is 4.18. The van der Waals surface area contributed by atoms with Gasteiger partial charge in [0.1, 0.15) is 16.5 Å². The van der Waals surface area contributed by atoms with Gasteiger partial charge in [-0.25, -0.2) is 9.37 Å². The van der Waals surface area contributed by atoms with Crippen LogP contribution in [0.5, 0.6) is 0 Å². The molecule has 0 radical (unpaired) electrons. The molecular formula is C19H22FN3O3S. The van der Waals surface area contributed by atoms with Crippen LogP contribution in [0.3, 0.4) is 0 Å². The molecule has 1 atom stereocenters. The first-order chi connectivity index (χ1) is 13.0. The molecule has 1 aliphatic rings. The van der Waals surface area contributed by atoms with Crippen LogP contribution in [-0.4, -0.2) is 64.5 Å². The highest BCUT2D eigenvalue weighted by molar-refractivity contribution is 7.13. The Morgan fingerprint density at radius 2 is 2.11 bits per heavy atom. The molecule has 1 aromatic carbocycles. The first-order valence-corrected chi connectivity index (χ1v) is 9.75. The average Bonchev–Trinajstić information content (AvgIpc) is 2.98. The van der Waals surface area contributed by atoms with Gasteiger partial charge in [0.15, 0.2) is 0 Å². The molecule has 1 saturated heterocycles. The number of carbonyl (C=O) groups excluding carboxylic acids is 1. The molecule has 2 aromatic rings. The van der Waals surface area contributed by atoms with Gasteiger partial charge >= 0.3 is 5.97 Å². The van der Waals surface area contributed by atoms with Crippen LogP contribution >= 0.6 is 11.3 Å². The molecule has 1 N–H and O–H groups in total. The molecule has 0 aliphatic carbocycles. The predicted octanol–water partition coefficient (Wildman–Crippen LogP) is 2.96. The zero-order valence-electron chi connectivity index (χ0n) is 15.1. The topological polar surface area (TPSA) is 73.7 Å². The smallest absolute Gasteiger partial charge is 0.317 e. The Bertz CT molecular complexity index is 826. The van der Waals surface area contributed by atoms with Crippen LogP contribution in [0.25, 0.3) is 10.6 Å². The predicted molar refractivity (Wildman–Crippen MR) is 101 cm³/mol. The number of halogens is 1. The van der Waals surface area contributed by atoms with Gasteiger partial charge in [0.05, 0.1) is 6.54 Å². The summed E-state index contributed by atoms with van der Waals surface area (Å²) < 4.78 is 13.9. The van der Waals surface area contributed by atoms with Crippen molar-refractivity contribution in [1.82, 2.24) is 14.8 Å². The Hall–Kier alpha value is -2.32. The summed E-state index contributed by atoms with van der Waals surface area (Å²) in [4.78, 5) is 31.6. The summed E-state index contributed by atoms with van der Waals surface area (Å²) in [5.74, 6) is -1.36. The van der Waals surface area contributed by atoms with E-state index in [4.69, 9.17) is 5.11 Å². The Morgan fingerprint density at radius 1 is 1.33 bits per heavy atom. The molecule has 27 heavy (non-hydrogen) atoms. The largest absolute Gasteiger partial charge is 0.480 e. The van der Waals surface area contributed by atoms with E-state index in [1.54, 1.807) is 35.5 Å². The Kier molecular flexibility index (Phi) is 6.18. The van der Waals surface area contributed by atoms with Crippen LogP contribution in [0, 0.1) is 5.82 Å².